The monoisotopic (exact) mass is 324 g/mol. The molecule has 5 nitrogen and oxygen atoms in total. The topological polar surface area (TPSA) is 71.3 Å². The molecule has 0 aliphatic rings. The first kappa shape index (κ1) is 18.1. The molecule has 6 heteroatoms. The summed E-state index contributed by atoms with van der Waals surface area (Å²) in [6.45, 7) is 0. The summed E-state index contributed by atoms with van der Waals surface area (Å²) >= 11 is 5.61. The van der Waals surface area contributed by atoms with E-state index in [4.69, 9.17) is 26.3 Å². The minimum Gasteiger partial charge on any atom is -0.493 e. The molecule has 0 aromatic heterocycles. The molecule has 0 radical (unpaired) electrons. The van der Waals surface area contributed by atoms with E-state index in [1.807, 2.05) is 0 Å². The number of ether oxygens (including phenoxy) is 2. The van der Waals surface area contributed by atoms with Gasteiger partial charge in [0.15, 0.2) is 11.5 Å². The summed E-state index contributed by atoms with van der Waals surface area (Å²) in [7, 11) is 3.06. The second kappa shape index (κ2) is 9.91. The van der Waals surface area contributed by atoms with E-state index >= 15 is 0 Å². The molecule has 1 aromatic carbocycles. The first-order chi connectivity index (χ1) is 10.7. The number of unbranched alkanes of at least 4 members (excludes halogenated alkanes) is 2. The van der Waals surface area contributed by atoms with Crippen LogP contribution in [0.3, 0.4) is 0 Å². The first-order valence-electron chi connectivity index (χ1n) is 7.14. The van der Waals surface area contributed by atoms with Gasteiger partial charge in [0, 0.05) is 24.1 Å². The lowest BCUT2D eigenvalue weighted by Crippen LogP contribution is -2.13. The Morgan fingerprint density at radius 1 is 1.23 bits per heavy atom. The van der Waals surface area contributed by atoms with Gasteiger partial charge in [-0.3, -0.25) is 4.79 Å². The summed E-state index contributed by atoms with van der Waals surface area (Å²) in [4.78, 5) is 12.0. The lowest BCUT2D eigenvalue weighted by Gasteiger charge is -2.14. The Labute approximate surface area is 136 Å². The van der Waals surface area contributed by atoms with Crippen molar-refractivity contribution in [2.24, 2.45) is 0 Å². The van der Waals surface area contributed by atoms with Crippen LogP contribution in [0.1, 0.15) is 31.2 Å². The van der Waals surface area contributed by atoms with Crippen LogP contribution < -0.4 is 14.8 Å². The Kier molecular flexibility index (Phi) is 8.16. The van der Waals surface area contributed by atoms with E-state index in [0.29, 0.717) is 35.1 Å². The molecule has 0 spiro atoms. The fourth-order valence-electron chi connectivity index (χ4n) is 2.04. The van der Waals surface area contributed by atoms with Gasteiger partial charge >= 0.3 is 0 Å². The molecule has 1 aromatic rings. The summed E-state index contributed by atoms with van der Waals surface area (Å²) in [5.74, 6) is 1.58. The minimum atomic E-state index is -0.0824. The number of hydrogen-bond donors (Lipinski definition) is 1. The summed E-state index contributed by atoms with van der Waals surface area (Å²) in [6.07, 6.45) is 3.23. The van der Waals surface area contributed by atoms with Crippen LogP contribution in [0.4, 0.5) is 5.69 Å². The number of hydrogen-bond acceptors (Lipinski definition) is 4. The fraction of sp³-hybridized carbons (Fsp3) is 0.500. The third-order valence-corrected chi connectivity index (χ3v) is 3.46. The SMILES string of the molecule is COc1cc(CC#N)c(NC(=O)CCCCCCl)cc1OC. The smallest absolute Gasteiger partial charge is 0.224 e. The highest BCUT2D eigenvalue weighted by Gasteiger charge is 2.13. The third-order valence-electron chi connectivity index (χ3n) is 3.19. The van der Waals surface area contributed by atoms with Crippen molar-refractivity contribution in [3.8, 4) is 17.6 Å². The van der Waals surface area contributed by atoms with Crippen LogP contribution in [0.25, 0.3) is 0 Å². The molecular formula is C16H21ClN2O3. The van der Waals surface area contributed by atoms with Crippen LogP contribution in [0.15, 0.2) is 12.1 Å². The molecular weight excluding hydrogens is 304 g/mol. The van der Waals surface area contributed by atoms with Crippen LogP contribution in [-0.4, -0.2) is 26.0 Å². The third kappa shape index (κ3) is 5.45. The highest BCUT2D eigenvalue weighted by atomic mass is 35.5. The van der Waals surface area contributed by atoms with E-state index in [1.54, 1.807) is 12.1 Å². The summed E-state index contributed by atoms with van der Waals surface area (Å²) in [5.41, 5.74) is 1.29. The lowest BCUT2D eigenvalue weighted by molar-refractivity contribution is -0.116. The van der Waals surface area contributed by atoms with Crippen molar-refractivity contribution in [1.82, 2.24) is 0 Å². The Morgan fingerprint density at radius 3 is 2.50 bits per heavy atom. The maximum Gasteiger partial charge on any atom is 0.224 e. The number of alkyl halides is 1. The van der Waals surface area contributed by atoms with E-state index in [0.717, 1.165) is 19.3 Å². The van der Waals surface area contributed by atoms with E-state index in [1.165, 1.54) is 14.2 Å². The van der Waals surface area contributed by atoms with Gasteiger partial charge < -0.3 is 14.8 Å². The molecule has 0 aliphatic carbocycles. The van der Waals surface area contributed by atoms with Crippen molar-refractivity contribution in [3.63, 3.8) is 0 Å². The van der Waals surface area contributed by atoms with Crippen molar-refractivity contribution >= 4 is 23.2 Å². The number of halogens is 1. The van der Waals surface area contributed by atoms with Gasteiger partial charge in [0.2, 0.25) is 5.91 Å². The second-order valence-electron chi connectivity index (χ2n) is 4.75. The average Bonchev–Trinajstić information content (AvgIpc) is 2.52. The fourth-order valence-corrected chi connectivity index (χ4v) is 2.23. The Balaban J connectivity index is 2.83. The Hall–Kier alpha value is -1.93. The number of amides is 1. The zero-order chi connectivity index (χ0) is 16.4. The molecule has 1 amide bonds. The van der Waals surface area contributed by atoms with E-state index < -0.39 is 0 Å². The van der Waals surface area contributed by atoms with Gasteiger partial charge in [0.05, 0.1) is 26.7 Å². The summed E-state index contributed by atoms with van der Waals surface area (Å²) < 4.78 is 10.4. The number of nitriles is 1. The normalized spacial score (nSPS) is 9.91. The molecule has 0 atom stereocenters. The lowest BCUT2D eigenvalue weighted by atomic mass is 10.1. The summed E-state index contributed by atoms with van der Waals surface area (Å²) in [5, 5.41) is 11.8. The number of methoxy groups -OCH3 is 2. The number of carbonyl (C=O) groups is 1. The van der Waals surface area contributed by atoms with Crippen molar-refractivity contribution < 1.29 is 14.3 Å². The highest BCUT2D eigenvalue weighted by molar-refractivity contribution is 6.17. The van der Waals surface area contributed by atoms with Crippen molar-refractivity contribution in [2.75, 3.05) is 25.4 Å². The van der Waals surface area contributed by atoms with Gasteiger partial charge in [-0.1, -0.05) is 6.42 Å². The maximum atomic E-state index is 12.0. The number of nitrogens with one attached hydrogen (secondary N) is 1. The quantitative estimate of drug-likeness (QED) is 0.557. The van der Waals surface area contributed by atoms with Crippen LogP contribution in [0, 0.1) is 11.3 Å². The number of anilines is 1. The van der Waals surface area contributed by atoms with Gasteiger partial charge in [-0.2, -0.15) is 5.26 Å². The minimum absolute atomic E-state index is 0.0824. The van der Waals surface area contributed by atoms with E-state index in [9.17, 15) is 4.79 Å². The molecule has 0 saturated carbocycles. The molecule has 0 unspecified atom stereocenters. The zero-order valence-corrected chi connectivity index (χ0v) is 13.7. The van der Waals surface area contributed by atoms with Crippen LogP contribution >= 0.6 is 11.6 Å². The molecule has 0 heterocycles. The molecule has 22 heavy (non-hydrogen) atoms. The van der Waals surface area contributed by atoms with Crippen LogP contribution in [-0.2, 0) is 11.2 Å². The molecule has 0 bridgehead atoms. The zero-order valence-electron chi connectivity index (χ0n) is 12.9. The predicted octanol–water partition coefficient (Wildman–Crippen LogP) is 3.51. The van der Waals surface area contributed by atoms with Gasteiger partial charge in [0.25, 0.3) is 0 Å². The predicted molar refractivity (Wildman–Crippen MR) is 86.7 cm³/mol. The maximum absolute atomic E-state index is 12.0. The highest BCUT2D eigenvalue weighted by Crippen LogP contribution is 2.33. The van der Waals surface area contributed by atoms with Crippen molar-refractivity contribution in [2.45, 2.75) is 32.1 Å². The van der Waals surface area contributed by atoms with Crippen LogP contribution in [0.2, 0.25) is 0 Å². The molecule has 1 rings (SSSR count). The largest absolute Gasteiger partial charge is 0.493 e. The Bertz CT molecular complexity index is 541. The number of carbonyl (C=O) groups excluding carboxylic acids is 1. The number of benzene rings is 1. The Morgan fingerprint density at radius 2 is 1.91 bits per heavy atom. The molecule has 0 aliphatic heterocycles. The second-order valence-corrected chi connectivity index (χ2v) is 5.13. The number of rotatable bonds is 9. The molecule has 0 saturated heterocycles. The van der Waals surface area contributed by atoms with Gasteiger partial charge in [-0.25, -0.2) is 0 Å². The van der Waals surface area contributed by atoms with Crippen LogP contribution in [0.5, 0.6) is 11.5 Å². The average molecular weight is 325 g/mol. The first-order valence-corrected chi connectivity index (χ1v) is 7.67. The van der Waals surface area contributed by atoms with E-state index in [-0.39, 0.29) is 12.3 Å². The number of nitrogens with zero attached hydrogens (tertiary/aromatic N) is 1. The summed E-state index contributed by atoms with van der Waals surface area (Å²) in [6, 6.07) is 5.48. The molecule has 120 valence electrons. The molecule has 1 N–H and O–H groups in total. The van der Waals surface area contributed by atoms with Gasteiger partial charge in [-0.15, -0.1) is 11.6 Å². The van der Waals surface area contributed by atoms with Gasteiger partial charge in [-0.05, 0) is 24.5 Å². The van der Waals surface area contributed by atoms with Crippen molar-refractivity contribution in [3.05, 3.63) is 17.7 Å². The standard InChI is InChI=1S/C16H21ClN2O3/c1-21-14-10-12(7-9-18)13(11-15(14)22-2)19-16(20)6-4-3-5-8-17/h10-11H,3-8H2,1-2H3,(H,19,20). The van der Waals surface area contributed by atoms with Gasteiger partial charge in [0.1, 0.15) is 0 Å². The molecule has 0 fully saturated rings. The van der Waals surface area contributed by atoms with Crippen molar-refractivity contribution in [1.29, 1.82) is 5.26 Å². The van der Waals surface area contributed by atoms with E-state index in [2.05, 4.69) is 11.4 Å².